The van der Waals surface area contributed by atoms with E-state index in [2.05, 4.69) is 34.1 Å². The Bertz CT molecular complexity index is 984. The van der Waals surface area contributed by atoms with Crippen LogP contribution in [-0.2, 0) is 4.79 Å². The molecule has 0 aliphatic carbocycles. The summed E-state index contributed by atoms with van der Waals surface area (Å²) in [6.07, 6.45) is 6.35. The molecule has 2 aliphatic heterocycles. The van der Waals surface area contributed by atoms with Gasteiger partial charge in [-0.3, -0.25) is 10.0 Å². The second kappa shape index (κ2) is 10.2. The number of carbonyl (C=O) groups excluding carboxylic acids is 1. The maximum Gasteiger partial charge on any atom is 0.248 e. The molecule has 8 heteroatoms. The molecule has 2 aromatic carbocycles. The molecule has 1 unspecified atom stereocenters. The number of hydrogen-bond acceptors (Lipinski definition) is 7. The summed E-state index contributed by atoms with van der Waals surface area (Å²) in [7, 11) is 4.23. The zero-order chi connectivity index (χ0) is 23.4. The lowest BCUT2D eigenvalue weighted by atomic mass is 10.1. The molecule has 2 saturated heterocycles. The summed E-state index contributed by atoms with van der Waals surface area (Å²) >= 11 is 0. The Morgan fingerprint density at radius 2 is 1.82 bits per heavy atom. The van der Waals surface area contributed by atoms with Gasteiger partial charge in [-0.15, -0.1) is 0 Å². The van der Waals surface area contributed by atoms with Crippen LogP contribution in [-0.4, -0.2) is 62.3 Å². The van der Waals surface area contributed by atoms with Gasteiger partial charge in [-0.25, -0.2) is 0 Å². The Kier molecular flexibility index (Phi) is 7.17. The van der Waals surface area contributed by atoms with Crippen LogP contribution in [0.1, 0.15) is 24.8 Å². The second-order valence-electron chi connectivity index (χ2n) is 8.94. The van der Waals surface area contributed by atoms with Crippen molar-refractivity contribution in [2.24, 2.45) is 0 Å². The molecular weight excluding hydrogens is 418 g/mol. The maximum absolute atomic E-state index is 12.4. The molecule has 2 fully saturated rings. The van der Waals surface area contributed by atoms with Crippen LogP contribution in [0.3, 0.4) is 0 Å². The molecule has 1 amide bonds. The first-order chi connectivity index (χ1) is 15.9. The molecule has 2 N–H and O–H groups in total. The lowest BCUT2D eigenvalue weighted by Crippen LogP contribution is -2.31. The van der Waals surface area contributed by atoms with Crippen molar-refractivity contribution < 1.29 is 10.0 Å². The number of carbonyl (C=O) groups is 1. The number of rotatable bonds is 7. The highest BCUT2D eigenvalue weighted by Gasteiger charge is 2.24. The van der Waals surface area contributed by atoms with Gasteiger partial charge in [0.05, 0.1) is 11.4 Å². The molecule has 33 heavy (non-hydrogen) atoms. The van der Waals surface area contributed by atoms with Crippen molar-refractivity contribution in [1.82, 2.24) is 4.90 Å². The Hall–Kier alpha value is -3.07. The van der Waals surface area contributed by atoms with E-state index in [9.17, 15) is 15.2 Å². The minimum Gasteiger partial charge on any atom is -0.733 e. The molecule has 0 aromatic heterocycles. The molecule has 0 saturated carbocycles. The van der Waals surface area contributed by atoms with Gasteiger partial charge in [0.1, 0.15) is 0 Å². The summed E-state index contributed by atoms with van der Waals surface area (Å²) in [5, 5.41) is 24.0. The monoisotopic (exact) mass is 450 g/mol. The van der Waals surface area contributed by atoms with Gasteiger partial charge in [0, 0.05) is 49.7 Å². The SMILES string of the molecule is CN(C)C1CCN(c2ccc(NC(=O)/C=C/c3ccc(N4CCCC4)c(N([O-])O)c3)cc2)C1. The van der Waals surface area contributed by atoms with Crippen molar-refractivity contribution >= 4 is 34.7 Å². The van der Waals surface area contributed by atoms with Crippen molar-refractivity contribution in [2.75, 3.05) is 60.6 Å². The Morgan fingerprint density at radius 3 is 2.45 bits per heavy atom. The number of nitrogens with one attached hydrogen (secondary N) is 1. The van der Waals surface area contributed by atoms with Crippen LogP contribution in [0.5, 0.6) is 0 Å². The van der Waals surface area contributed by atoms with Gasteiger partial charge in [-0.1, -0.05) is 6.07 Å². The van der Waals surface area contributed by atoms with Gasteiger partial charge in [0.25, 0.3) is 0 Å². The molecule has 8 nitrogen and oxygen atoms in total. The van der Waals surface area contributed by atoms with Gasteiger partial charge in [-0.05, 0) is 81.4 Å². The van der Waals surface area contributed by atoms with E-state index in [4.69, 9.17) is 0 Å². The number of hydrogen-bond donors (Lipinski definition) is 2. The summed E-state index contributed by atoms with van der Waals surface area (Å²) in [4.78, 5) is 19.1. The summed E-state index contributed by atoms with van der Waals surface area (Å²) in [6, 6.07) is 13.7. The highest BCUT2D eigenvalue weighted by atomic mass is 16.8. The van der Waals surface area contributed by atoms with E-state index >= 15 is 0 Å². The normalized spacial score (nSPS) is 18.5. The van der Waals surface area contributed by atoms with E-state index in [-0.39, 0.29) is 16.8 Å². The average molecular weight is 451 g/mol. The topological polar surface area (TPSA) is 85.4 Å². The van der Waals surface area contributed by atoms with E-state index in [1.807, 2.05) is 36.4 Å². The number of anilines is 4. The fourth-order valence-corrected chi connectivity index (χ4v) is 4.53. The fourth-order valence-electron chi connectivity index (χ4n) is 4.53. The van der Waals surface area contributed by atoms with Crippen molar-refractivity contribution in [3.8, 4) is 0 Å². The highest BCUT2D eigenvalue weighted by molar-refractivity contribution is 6.02. The number of nitrogens with zero attached hydrogens (tertiary/aromatic N) is 4. The van der Waals surface area contributed by atoms with E-state index < -0.39 is 0 Å². The van der Waals surface area contributed by atoms with Crippen molar-refractivity contribution in [3.05, 3.63) is 59.3 Å². The third kappa shape index (κ3) is 5.65. The summed E-state index contributed by atoms with van der Waals surface area (Å²) in [6.45, 7) is 3.77. The molecule has 1 atom stereocenters. The average Bonchev–Trinajstić information content (AvgIpc) is 3.51. The zero-order valence-electron chi connectivity index (χ0n) is 19.3. The van der Waals surface area contributed by atoms with Gasteiger partial charge in [0.2, 0.25) is 5.91 Å². The van der Waals surface area contributed by atoms with E-state index in [0.717, 1.165) is 56.8 Å². The number of amides is 1. The van der Waals surface area contributed by atoms with Gasteiger partial charge < -0.3 is 30.5 Å². The first kappa shape index (κ1) is 23.1. The van der Waals surface area contributed by atoms with Crippen LogP contribution in [0.2, 0.25) is 0 Å². The van der Waals surface area contributed by atoms with Crippen LogP contribution >= 0.6 is 0 Å². The summed E-state index contributed by atoms with van der Waals surface area (Å²) in [5.74, 6) is -0.259. The largest absolute Gasteiger partial charge is 0.733 e. The Labute approximate surface area is 195 Å². The quantitative estimate of drug-likeness (QED) is 0.491. The smallest absolute Gasteiger partial charge is 0.248 e. The second-order valence-corrected chi connectivity index (χ2v) is 8.94. The van der Waals surface area contributed by atoms with Crippen LogP contribution < -0.4 is 20.3 Å². The lowest BCUT2D eigenvalue weighted by Gasteiger charge is -2.29. The first-order valence-electron chi connectivity index (χ1n) is 11.5. The van der Waals surface area contributed by atoms with Crippen molar-refractivity contribution in [1.29, 1.82) is 0 Å². The third-order valence-corrected chi connectivity index (χ3v) is 6.47. The predicted molar refractivity (Wildman–Crippen MR) is 134 cm³/mol. The molecule has 4 rings (SSSR count). The van der Waals surface area contributed by atoms with E-state index in [0.29, 0.717) is 17.3 Å². The number of likely N-dealkylation sites (N-methyl/N-ethyl adjacent to an activating group) is 1. The van der Waals surface area contributed by atoms with Gasteiger partial charge in [0.15, 0.2) is 0 Å². The van der Waals surface area contributed by atoms with Crippen LogP contribution in [0.15, 0.2) is 48.5 Å². The van der Waals surface area contributed by atoms with Gasteiger partial charge >= 0.3 is 0 Å². The minimum atomic E-state index is -0.259. The maximum atomic E-state index is 12.4. The zero-order valence-corrected chi connectivity index (χ0v) is 19.3. The van der Waals surface area contributed by atoms with Crippen LogP contribution in [0.4, 0.5) is 22.7 Å². The summed E-state index contributed by atoms with van der Waals surface area (Å²) in [5.41, 5.74) is 3.44. The third-order valence-electron chi connectivity index (χ3n) is 6.47. The molecule has 0 bridgehead atoms. The minimum absolute atomic E-state index is 0.103. The molecule has 2 aromatic rings. The lowest BCUT2D eigenvalue weighted by molar-refractivity contribution is -0.111. The fraction of sp³-hybridized carbons (Fsp3) is 0.400. The predicted octanol–water partition coefficient (Wildman–Crippen LogP) is 3.77. The Balaban J connectivity index is 1.36. The van der Waals surface area contributed by atoms with E-state index in [1.165, 1.54) is 6.08 Å². The van der Waals surface area contributed by atoms with Crippen LogP contribution in [0.25, 0.3) is 6.08 Å². The Morgan fingerprint density at radius 1 is 1.09 bits per heavy atom. The van der Waals surface area contributed by atoms with E-state index in [1.54, 1.807) is 12.1 Å². The highest BCUT2D eigenvalue weighted by Crippen LogP contribution is 2.32. The first-order valence-corrected chi connectivity index (χ1v) is 11.5. The standard InChI is InChI=1S/C25H32N5O3/c1-27(2)22-13-16-29(18-22)21-9-7-20(8-10-21)26-25(31)12-6-19-5-11-23(24(17-19)30(32)33)28-14-3-4-15-28/h5-12,17,22,32H,3-4,13-16,18H2,1-2H3,(H,26,31)/q-1/b12-6+. The van der Waals surface area contributed by atoms with Crippen LogP contribution in [0, 0.1) is 5.21 Å². The molecular formula is C25H32N5O3-. The number of benzene rings is 2. The molecule has 0 radical (unpaired) electrons. The molecule has 2 aliphatic rings. The van der Waals surface area contributed by atoms with Crippen molar-refractivity contribution in [2.45, 2.75) is 25.3 Å². The van der Waals surface area contributed by atoms with Crippen molar-refractivity contribution in [3.63, 3.8) is 0 Å². The van der Waals surface area contributed by atoms with Gasteiger partial charge in [-0.2, -0.15) is 0 Å². The molecule has 176 valence electrons. The molecule has 0 spiro atoms. The molecule has 2 heterocycles. The summed E-state index contributed by atoms with van der Waals surface area (Å²) < 4.78 is 0.